The van der Waals surface area contributed by atoms with Crippen LogP contribution in [0.2, 0.25) is 0 Å². The molecule has 3 N–H and O–H groups in total. The molecule has 2 aromatic rings. The molecule has 1 aromatic heterocycles. The first kappa shape index (κ1) is 17.6. The van der Waals surface area contributed by atoms with Crippen LogP contribution < -0.4 is 15.4 Å². The number of nitrogens with zero attached hydrogens (tertiary/aromatic N) is 2. The van der Waals surface area contributed by atoms with E-state index in [1.165, 1.54) is 12.1 Å². The number of hydrogen-bond acceptors (Lipinski definition) is 5. The third-order valence-electron chi connectivity index (χ3n) is 4.19. The summed E-state index contributed by atoms with van der Waals surface area (Å²) in [6.45, 7) is 0.934. The minimum atomic E-state index is -0.882. The summed E-state index contributed by atoms with van der Waals surface area (Å²) in [5.41, 5.74) is 0.810. The Hall–Kier alpha value is -2.19. The first-order valence-corrected chi connectivity index (χ1v) is 8.79. The molecule has 8 heteroatoms. The van der Waals surface area contributed by atoms with Crippen LogP contribution >= 0.6 is 11.9 Å². The number of carbonyl (C=O) groups excluding carboxylic acids is 1. The summed E-state index contributed by atoms with van der Waals surface area (Å²) in [6.07, 6.45) is 3.00. The molecule has 3 rings (SSSR count). The second kappa shape index (κ2) is 7.79. The monoisotopic (exact) mass is 364 g/mol. The molecular weight excluding hydrogens is 346 g/mol. The van der Waals surface area contributed by atoms with Gasteiger partial charge < -0.3 is 10.2 Å². The van der Waals surface area contributed by atoms with Crippen LogP contribution in [0.4, 0.5) is 20.2 Å². The lowest BCUT2D eigenvalue weighted by atomic mass is 9.96. The van der Waals surface area contributed by atoms with Crippen molar-refractivity contribution in [3.05, 3.63) is 48.2 Å². The molecule has 1 saturated heterocycles. The number of aromatic nitrogens is 1. The third kappa shape index (κ3) is 4.08. The molecule has 1 aliphatic heterocycles. The van der Waals surface area contributed by atoms with E-state index in [2.05, 4.69) is 10.3 Å². The second-order valence-corrected chi connectivity index (χ2v) is 6.50. The average molecular weight is 364 g/mol. The zero-order chi connectivity index (χ0) is 17.8. The molecule has 0 aliphatic carbocycles. The summed E-state index contributed by atoms with van der Waals surface area (Å²) in [7, 11) is 0. The van der Waals surface area contributed by atoms with Crippen LogP contribution in [0.3, 0.4) is 0 Å². The van der Waals surface area contributed by atoms with Crippen LogP contribution in [0.15, 0.2) is 41.6 Å². The Morgan fingerprint density at radius 1 is 1.36 bits per heavy atom. The summed E-state index contributed by atoms with van der Waals surface area (Å²) in [4.78, 5) is 18.3. The zero-order valence-corrected chi connectivity index (χ0v) is 14.2. The van der Waals surface area contributed by atoms with Crippen molar-refractivity contribution >= 4 is 29.2 Å². The highest BCUT2D eigenvalue weighted by molar-refractivity contribution is 7.97. The predicted molar refractivity (Wildman–Crippen MR) is 94.2 cm³/mol. The zero-order valence-electron chi connectivity index (χ0n) is 13.4. The number of rotatable bonds is 4. The quantitative estimate of drug-likeness (QED) is 0.816. The van der Waals surface area contributed by atoms with Gasteiger partial charge >= 0.3 is 0 Å². The van der Waals surface area contributed by atoms with E-state index in [1.54, 1.807) is 23.2 Å². The van der Waals surface area contributed by atoms with Crippen molar-refractivity contribution in [2.75, 3.05) is 23.3 Å². The van der Waals surface area contributed by atoms with Gasteiger partial charge in [-0.3, -0.25) is 9.93 Å². The number of hydrogen-bond donors (Lipinski definition) is 2. The van der Waals surface area contributed by atoms with Crippen molar-refractivity contribution in [2.24, 2.45) is 11.1 Å². The number of nitrogens with two attached hydrogens (primary N) is 1. The Labute approximate surface area is 148 Å². The average Bonchev–Trinajstić information content (AvgIpc) is 2.64. The van der Waals surface area contributed by atoms with Gasteiger partial charge in [0.05, 0.1) is 11.6 Å². The third-order valence-corrected chi connectivity index (χ3v) is 4.65. The fraction of sp³-hybridized carbons (Fsp3) is 0.294. The molecule has 1 atom stereocenters. The van der Waals surface area contributed by atoms with Gasteiger partial charge in [0.15, 0.2) is 11.6 Å². The highest BCUT2D eigenvalue weighted by Crippen LogP contribution is 2.27. The summed E-state index contributed by atoms with van der Waals surface area (Å²) in [5.74, 6) is -2.21. The molecule has 1 aliphatic rings. The Balaban J connectivity index is 1.70. The topological polar surface area (TPSA) is 71.2 Å². The highest BCUT2D eigenvalue weighted by atomic mass is 32.2. The Bertz CT molecular complexity index is 774. The van der Waals surface area contributed by atoms with Crippen molar-refractivity contribution < 1.29 is 13.6 Å². The lowest BCUT2D eigenvalue weighted by Crippen LogP contribution is -2.41. The number of nitrogens with one attached hydrogen (secondary N) is 1. The van der Waals surface area contributed by atoms with E-state index in [-0.39, 0.29) is 17.5 Å². The Morgan fingerprint density at radius 3 is 3.00 bits per heavy atom. The molecule has 0 unspecified atom stereocenters. The maximum atomic E-state index is 14.0. The minimum absolute atomic E-state index is 0.152. The van der Waals surface area contributed by atoms with Crippen LogP contribution in [-0.4, -0.2) is 24.0 Å². The molecule has 132 valence electrons. The molecule has 25 heavy (non-hydrogen) atoms. The first-order valence-electron chi connectivity index (χ1n) is 7.91. The van der Waals surface area contributed by atoms with E-state index in [4.69, 9.17) is 5.14 Å². The van der Waals surface area contributed by atoms with Gasteiger partial charge in [-0.15, -0.1) is 0 Å². The lowest BCUT2D eigenvalue weighted by Gasteiger charge is -2.33. The molecule has 0 bridgehead atoms. The fourth-order valence-electron chi connectivity index (χ4n) is 2.94. The van der Waals surface area contributed by atoms with E-state index in [0.717, 1.165) is 24.4 Å². The van der Waals surface area contributed by atoms with Gasteiger partial charge in [-0.25, -0.2) is 13.8 Å². The van der Waals surface area contributed by atoms with Crippen LogP contribution in [0.25, 0.3) is 0 Å². The summed E-state index contributed by atoms with van der Waals surface area (Å²) in [5, 5.41) is 8.91. The van der Waals surface area contributed by atoms with Crippen LogP contribution in [0, 0.1) is 17.6 Å². The number of pyridine rings is 1. The van der Waals surface area contributed by atoms with E-state index >= 15 is 0 Å². The fourth-order valence-corrected chi connectivity index (χ4v) is 3.26. The smallest absolute Gasteiger partial charge is 0.229 e. The number of carbonyl (C=O) groups is 1. The minimum Gasteiger partial charge on any atom is -0.368 e. The summed E-state index contributed by atoms with van der Waals surface area (Å²) < 4.78 is 27.5. The van der Waals surface area contributed by atoms with Crippen molar-refractivity contribution in [3.8, 4) is 0 Å². The van der Waals surface area contributed by atoms with Gasteiger partial charge in [0, 0.05) is 25.0 Å². The second-order valence-electron chi connectivity index (χ2n) is 5.85. The van der Waals surface area contributed by atoms with Gasteiger partial charge in [0.25, 0.3) is 0 Å². The molecule has 0 radical (unpaired) electrons. The maximum Gasteiger partial charge on any atom is 0.229 e. The van der Waals surface area contributed by atoms with Gasteiger partial charge in [-0.05, 0) is 49.1 Å². The van der Waals surface area contributed by atoms with E-state index in [1.807, 2.05) is 0 Å². The number of piperidine rings is 1. The molecule has 0 spiro atoms. The van der Waals surface area contributed by atoms with Gasteiger partial charge in [-0.2, -0.15) is 0 Å². The van der Waals surface area contributed by atoms with Crippen molar-refractivity contribution in [3.63, 3.8) is 0 Å². The lowest BCUT2D eigenvalue weighted by molar-refractivity contribution is -0.120. The van der Waals surface area contributed by atoms with Crippen molar-refractivity contribution in [2.45, 2.75) is 17.9 Å². The normalized spacial score (nSPS) is 17.4. The van der Waals surface area contributed by atoms with E-state index in [0.29, 0.717) is 30.2 Å². The largest absolute Gasteiger partial charge is 0.368 e. The standard InChI is InChI=1S/C17H18F2N4OS/c18-13-4-1-5-14(16(13)19)23-8-2-3-11(10-23)17(24)22-12-6-7-21-15(9-12)25-20/h1,4-7,9,11H,2-3,8,10,20H2,(H,21,22,24)/t11-/m0/s1. The first-order chi connectivity index (χ1) is 12.1. The van der Waals surface area contributed by atoms with Crippen molar-refractivity contribution in [1.82, 2.24) is 4.98 Å². The van der Waals surface area contributed by atoms with E-state index in [9.17, 15) is 13.6 Å². The summed E-state index contributed by atoms with van der Waals surface area (Å²) >= 11 is 0.998. The SMILES string of the molecule is NSc1cc(NC(=O)[C@H]2CCCN(c3cccc(F)c3F)C2)ccn1. The van der Waals surface area contributed by atoms with Crippen LogP contribution in [0.5, 0.6) is 0 Å². The molecular formula is C17H18F2N4OS. The molecule has 1 fully saturated rings. The Morgan fingerprint density at radius 2 is 2.20 bits per heavy atom. The van der Waals surface area contributed by atoms with E-state index < -0.39 is 11.6 Å². The number of amides is 1. The van der Waals surface area contributed by atoms with Crippen molar-refractivity contribution in [1.29, 1.82) is 0 Å². The van der Waals surface area contributed by atoms with Gasteiger partial charge in [-0.1, -0.05) is 6.07 Å². The molecule has 2 heterocycles. The van der Waals surface area contributed by atoms with Crippen LogP contribution in [-0.2, 0) is 4.79 Å². The summed E-state index contributed by atoms with van der Waals surface area (Å²) in [6, 6.07) is 7.47. The van der Waals surface area contributed by atoms with Gasteiger partial charge in [0.2, 0.25) is 5.91 Å². The number of anilines is 2. The molecule has 1 amide bonds. The predicted octanol–water partition coefficient (Wildman–Crippen LogP) is 3.18. The molecule has 5 nitrogen and oxygen atoms in total. The van der Waals surface area contributed by atoms with Crippen LogP contribution in [0.1, 0.15) is 12.8 Å². The highest BCUT2D eigenvalue weighted by Gasteiger charge is 2.28. The number of benzene rings is 1. The number of halogens is 2. The maximum absolute atomic E-state index is 14.0. The Kier molecular flexibility index (Phi) is 5.50. The molecule has 1 aromatic carbocycles. The van der Waals surface area contributed by atoms with Gasteiger partial charge in [0.1, 0.15) is 5.03 Å². The molecule has 0 saturated carbocycles.